The molecule has 7 nitrogen and oxygen atoms in total. The minimum atomic E-state index is -1.07. The fourth-order valence-electron chi connectivity index (χ4n) is 2.71. The van der Waals surface area contributed by atoms with Crippen LogP contribution in [0.15, 0.2) is 65.8 Å². The maximum absolute atomic E-state index is 11.7. The van der Waals surface area contributed by atoms with Gasteiger partial charge in [-0.3, -0.25) is 14.6 Å². The summed E-state index contributed by atoms with van der Waals surface area (Å²) in [5.41, 5.74) is 3.21. The maximum atomic E-state index is 11.7. The summed E-state index contributed by atoms with van der Waals surface area (Å²) in [5, 5.41) is 12.1. The van der Waals surface area contributed by atoms with Gasteiger partial charge in [-0.05, 0) is 23.8 Å². The highest BCUT2D eigenvalue weighted by molar-refractivity contribution is 5.67. The molecule has 0 spiro atoms. The molecule has 3 aromatic rings. The molecule has 3 rings (SSSR count). The average molecular weight is 365 g/mol. The Morgan fingerprint density at radius 2 is 2.07 bits per heavy atom. The summed E-state index contributed by atoms with van der Waals surface area (Å²) in [6.07, 6.45) is 5.01. The predicted molar refractivity (Wildman–Crippen MR) is 102 cm³/mol. The van der Waals surface area contributed by atoms with Gasteiger partial charge >= 0.3 is 5.97 Å². The molecule has 2 heterocycles. The third-order valence-electron chi connectivity index (χ3n) is 4.05. The number of anilines is 1. The predicted octanol–water partition coefficient (Wildman–Crippen LogP) is 2.62. The first kappa shape index (κ1) is 18.2. The van der Waals surface area contributed by atoms with Crippen LogP contribution in [0.25, 0.3) is 11.1 Å². The summed E-state index contributed by atoms with van der Waals surface area (Å²) in [5.74, 6) is -0.343. The Labute approximate surface area is 155 Å². The number of pyridine rings is 2. The number of rotatable bonds is 7. The molecule has 0 fully saturated rings. The fourth-order valence-corrected chi connectivity index (χ4v) is 2.71. The van der Waals surface area contributed by atoms with Crippen molar-refractivity contribution in [1.82, 2.24) is 9.55 Å². The van der Waals surface area contributed by atoms with Gasteiger partial charge in [0.25, 0.3) is 5.56 Å². The van der Waals surface area contributed by atoms with Crippen LogP contribution in [0.3, 0.4) is 0 Å². The van der Waals surface area contributed by atoms with Crippen LogP contribution in [0.1, 0.15) is 5.56 Å². The second-order valence-corrected chi connectivity index (χ2v) is 5.90. The Hall–Kier alpha value is -3.61. The number of carbonyl (C=O) groups is 1. The number of methoxy groups -OCH3 is 1. The normalized spacial score (nSPS) is 10.4. The number of aliphatic carboxylic acids is 1. The van der Waals surface area contributed by atoms with Crippen LogP contribution in [-0.4, -0.2) is 27.7 Å². The van der Waals surface area contributed by atoms with Crippen LogP contribution in [0.5, 0.6) is 5.75 Å². The molecule has 0 aliphatic carbocycles. The lowest BCUT2D eigenvalue weighted by molar-refractivity contribution is -0.137. The van der Waals surface area contributed by atoms with Crippen LogP contribution in [0.2, 0.25) is 0 Å². The lowest BCUT2D eigenvalue weighted by atomic mass is 10.0. The van der Waals surface area contributed by atoms with E-state index in [0.717, 1.165) is 27.0 Å². The molecular weight excluding hydrogens is 346 g/mol. The first-order valence-corrected chi connectivity index (χ1v) is 8.30. The van der Waals surface area contributed by atoms with Gasteiger partial charge in [0.2, 0.25) is 0 Å². The molecule has 0 aliphatic rings. The molecule has 2 aromatic heterocycles. The molecule has 27 heavy (non-hydrogen) atoms. The van der Waals surface area contributed by atoms with E-state index in [2.05, 4.69) is 10.3 Å². The van der Waals surface area contributed by atoms with Crippen LogP contribution in [0, 0.1) is 0 Å². The third-order valence-corrected chi connectivity index (χ3v) is 4.05. The SMILES string of the molecule is COc1cc(-c2cccnc2)ccc1CNc1ccc(=O)n(CC(=O)O)c1. The third kappa shape index (κ3) is 4.52. The summed E-state index contributed by atoms with van der Waals surface area (Å²) in [7, 11) is 1.61. The van der Waals surface area contributed by atoms with Crippen LogP contribution in [-0.2, 0) is 17.9 Å². The molecule has 0 saturated carbocycles. The second-order valence-electron chi connectivity index (χ2n) is 5.90. The Morgan fingerprint density at radius 1 is 1.22 bits per heavy atom. The van der Waals surface area contributed by atoms with E-state index in [-0.39, 0.29) is 12.1 Å². The summed E-state index contributed by atoms with van der Waals surface area (Å²) < 4.78 is 6.64. The highest BCUT2D eigenvalue weighted by Crippen LogP contribution is 2.27. The highest BCUT2D eigenvalue weighted by atomic mass is 16.5. The van der Waals surface area contributed by atoms with Crippen molar-refractivity contribution >= 4 is 11.7 Å². The van der Waals surface area contributed by atoms with E-state index < -0.39 is 5.97 Å². The quantitative estimate of drug-likeness (QED) is 0.668. The second kappa shape index (κ2) is 8.18. The smallest absolute Gasteiger partial charge is 0.323 e. The minimum Gasteiger partial charge on any atom is -0.496 e. The van der Waals surface area contributed by atoms with E-state index in [1.165, 1.54) is 12.3 Å². The average Bonchev–Trinajstić information content (AvgIpc) is 2.68. The van der Waals surface area contributed by atoms with Gasteiger partial charge in [0.15, 0.2) is 0 Å². The van der Waals surface area contributed by atoms with Crippen molar-refractivity contribution in [3.63, 3.8) is 0 Å². The van der Waals surface area contributed by atoms with Crippen molar-refractivity contribution in [1.29, 1.82) is 0 Å². The van der Waals surface area contributed by atoms with Crippen LogP contribution in [0.4, 0.5) is 5.69 Å². The van der Waals surface area contributed by atoms with E-state index in [1.807, 2.05) is 30.3 Å². The summed E-state index contributed by atoms with van der Waals surface area (Å²) in [6, 6.07) is 12.7. The van der Waals surface area contributed by atoms with Crippen molar-refractivity contribution in [2.75, 3.05) is 12.4 Å². The first-order chi connectivity index (χ1) is 13.1. The largest absolute Gasteiger partial charge is 0.496 e. The molecule has 0 unspecified atom stereocenters. The van der Waals surface area contributed by atoms with Gasteiger partial charge in [-0.25, -0.2) is 0 Å². The monoisotopic (exact) mass is 365 g/mol. The van der Waals surface area contributed by atoms with Crippen molar-refractivity contribution in [2.24, 2.45) is 0 Å². The van der Waals surface area contributed by atoms with Crippen LogP contribution >= 0.6 is 0 Å². The number of hydrogen-bond acceptors (Lipinski definition) is 5. The number of nitrogens with zero attached hydrogens (tertiary/aromatic N) is 2. The number of ether oxygens (including phenoxy) is 1. The van der Waals surface area contributed by atoms with Crippen molar-refractivity contribution in [2.45, 2.75) is 13.1 Å². The molecule has 7 heteroatoms. The number of hydrogen-bond donors (Lipinski definition) is 2. The zero-order valence-electron chi connectivity index (χ0n) is 14.8. The fraction of sp³-hybridized carbons (Fsp3) is 0.150. The summed E-state index contributed by atoms with van der Waals surface area (Å²) in [6.45, 7) is 0.0826. The molecule has 1 aromatic carbocycles. The maximum Gasteiger partial charge on any atom is 0.323 e. The van der Waals surface area contributed by atoms with Crippen LogP contribution < -0.4 is 15.6 Å². The number of carboxylic acids is 1. The number of carboxylic acid groups (broad SMARTS) is 1. The topological polar surface area (TPSA) is 93.5 Å². The van der Waals surface area contributed by atoms with Gasteiger partial charge in [0.05, 0.1) is 12.8 Å². The van der Waals surface area contributed by atoms with Crippen molar-refractivity contribution in [3.05, 3.63) is 77.0 Å². The van der Waals surface area contributed by atoms with Gasteiger partial charge in [-0.2, -0.15) is 0 Å². The molecule has 0 radical (unpaired) electrons. The number of nitrogens with one attached hydrogen (secondary N) is 1. The number of aromatic nitrogens is 2. The standard InChI is InChI=1S/C20H19N3O4/c1-27-18-9-14(15-3-2-8-21-10-15)4-5-16(18)11-22-17-6-7-19(24)23(12-17)13-20(25)26/h2-10,12,22H,11,13H2,1H3,(H,25,26). The molecule has 138 valence electrons. The Kier molecular flexibility index (Phi) is 5.51. The molecule has 0 saturated heterocycles. The van der Waals surface area contributed by atoms with Crippen molar-refractivity contribution < 1.29 is 14.6 Å². The van der Waals surface area contributed by atoms with E-state index in [0.29, 0.717) is 12.2 Å². The highest BCUT2D eigenvalue weighted by Gasteiger charge is 2.08. The van der Waals surface area contributed by atoms with Crippen molar-refractivity contribution in [3.8, 4) is 16.9 Å². The van der Waals surface area contributed by atoms with Gasteiger partial charge in [-0.15, -0.1) is 0 Å². The van der Waals surface area contributed by atoms with E-state index in [1.54, 1.807) is 25.6 Å². The Morgan fingerprint density at radius 3 is 2.78 bits per heavy atom. The molecule has 2 N–H and O–H groups in total. The first-order valence-electron chi connectivity index (χ1n) is 8.30. The molecule has 0 amide bonds. The zero-order chi connectivity index (χ0) is 19.2. The van der Waals surface area contributed by atoms with Gasteiger partial charge < -0.3 is 19.7 Å². The Bertz CT molecular complexity index is 1000. The molecule has 0 atom stereocenters. The van der Waals surface area contributed by atoms with Gasteiger partial charge in [-0.1, -0.05) is 18.2 Å². The number of benzene rings is 1. The van der Waals surface area contributed by atoms with E-state index >= 15 is 0 Å². The van der Waals surface area contributed by atoms with Gasteiger partial charge in [0.1, 0.15) is 12.3 Å². The molecule has 0 bridgehead atoms. The lowest BCUT2D eigenvalue weighted by Gasteiger charge is -2.13. The summed E-state index contributed by atoms with van der Waals surface area (Å²) in [4.78, 5) is 26.7. The zero-order valence-corrected chi connectivity index (χ0v) is 14.8. The molecular formula is C20H19N3O4. The van der Waals surface area contributed by atoms with Gasteiger partial charge in [0, 0.05) is 42.3 Å². The minimum absolute atomic E-state index is 0.360. The lowest BCUT2D eigenvalue weighted by Crippen LogP contribution is -2.23. The van der Waals surface area contributed by atoms with E-state index in [9.17, 15) is 9.59 Å². The Balaban J connectivity index is 1.78. The molecule has 0 aliphatic heterocycles. The van der Waals surface area contributed by atoms with E-state index in [4.69, 9.17) is 9.84 Å². The summed E-state index contributed by atoms with van der Waals surface area (Å²) >= 11 is 0.